The predicted molar refractivity (Wildman–Crippen MR) is 164 cm³/mol. The van der Waals surface area contributed by atoms with Crippen molar-refractivity contribution in [3.63, 3.8) is 0 Å². The number of aliphatic imine (C=N–C) groups is 2. The highest BCUT2D eigenvalue weighted by atomic mass is 32.2. The summed E-state index contributed by atoms with van der Waals surface area (Å²) in [7, 11) is -2.92. The number of benzene rings is 2. The number of thioether (sulfide) groups is 1. The number of carbonyl (C=O) groups is 1. The van der Waals surface area contributed by atoms with Gasteiger partial charge >= 0.3 is 19.7 Å². The molecule has 3 aromatic rings. The molecule has 1 aromatic heterocycles. The van der Waals surface area contributed by atoms with Crippen molar-refractivity contribution in [3.8, 4) is 5.75 Å². The largest absolute Gasteiger partial charge is 0.459 e. The van der Waals surface area contributed by atoms with Crippen LogP contribution in [0.4, 0.5) is 5.95 Å². The Hall–Kier alpha value is -4.06. The van der Waals surface area contributed by atoms with E-state index >= 15 is 0 Å². The van der Waals surface area contributed by atoms with Crippen molar-refractivity contribution in [1.82, 2.24) is 19.5 Å². The zero-order valence-electron chi connectivity index (χ0n) is 24.1. The zero-order chi connectivity index (χ0) is 32.3. The SMILES string of the molecule is C[C@H](NP(=O)(OC[C@H]1S[C@@H](N2C=NC(N)=NC2O)C[C@H]1O)Oc1cccc2ccccc12)C(=O)OCc1cnc([N+](=O)[O-])n1C. The summed E-state index contributed by atoms with van der Waals surface area (Å²) in [5.74, 6) is -1.10. The molecule has 240 valence electrons. The number of fused-ring (bicyclic) bond motifs is 1. The topological polar surface area (TPSA) is 229 Å². The van der Waals surface area contributed by atoms with E-state index in [2.05, 4.69) is 20.1 Å². The molecule has 0 spiro atoms. The number of rotatable bonds is 12. The van der Waals surface area contributed by atoms with Gasteiger partial charge in [-0.3, -0.25) is 9.32 Å². The third-order valence-corrected chi connectivity index (χ3v) is 10.2. The van der Waals surface area contributed by atoms with Crippen LogP contribution in [-0.4, -0.2) is 83.6 Å². The van der Waals surface area contributed by atoms with Crippen LogP contribution in [0, 0.1) is 10.1 Å². The summed E-state index contributed by atoms with van der Waals surface area (Å²) in [6.45, 7) is 0.810. The summed E-state index contributed by atoms with van der Waals surface area (Å²) in [6, 6.07) is 11.2. The average Bonchev–Trinajstić information content (AvgIpc) is 3.56. The number of imidazole rings is 1. The molecule has 45 heavy (non-hydrogen) atoms. The molecule has 2 aliphatic heterocycles. The molecule has 2 unspecified atom stereocenters. The first kappa shape index (κ1) is 32.3. The number of esters is 1. The second-order valence-corrected chi connectivity index (χ2v) is 13.3. The van der Waals surface area contributed by atoms with Crippen LogP contribution < -0.4 is 15.3 Å². The Balaban J connectivity index is 1.30. The molecule has 2 aromatic carbocycles. The van der Waals surface area contributed by atoms with Gasteiger partial charge in [0.1, 0.15) is 24.6 Å². The Bertz CT molecular complexity index is 1680. The molecule has 0 aliphatic carbocycles. The van der Waals surface area contributed by atoms with E-state index in [0.29, 0.717) is 5.39 Å². The van der Waals surface area contributed by atoms with Crippen LogP contribution in [-0.2, 0) is 32.3 Å². The molecule has 5 N–H and O–H groups in total. The van der Waals surface area contributed by atoms with Crippen LogP contribution in [0.5, 0.6) is 5.75 Å². The molecule has 0 amide bonds. The Labute approximate surface area is 260 Å². The minimum Gasteiger partial charge on any atom is -0.456 e. The summed E-state index contributed by atoms with van der Waals surface area (Å²) in [5, 5.41) is 35.2. The van der Waals surface area contributed by atoms with Crippen molar-refractivity contribution >= 4 is 54.5 Å². The monoisotopic (exact) mass is 662 g/mol. The number of hydrogen-bond donors (Lipinski definition) is 4. The van der Waals surface area contributed by atoms with Crippen molar-refractivity contribution < 1.29 is 38.3 Å². The lowest BCUT2D eigenvalue weighted by Gasteiger charge is -2.30. The predicted octanol–water partition coefficient (Wildman–Crippen LogP) is 1.83. The number of carbonyl (C=O) groups excluding carboxylic acids is 1. The quantitative estimate of drug-likeness (QED) is 0.0939. The van der Waals surface area contributed by atoms with Crippen molar-refractivity contribution in [2.75, 3.05) is 6.61 Å². The summed E-state index contributed by atoms with van der Waals surface area (Å²) in [4.78, 5) is 36.2. The molecule has 0 radical (unpaired) electrons. The van der Waals surface area contributed by atoms with E-state index in [4.69, 9.17) is 19.5 Å². The van der Waals surface area contributed by atoms with Gasteiger partial charge in [-0.1, -0.05) is 41.4 Å². The van der Waals surface area contributed by atoms with Gasteiger partial charge in [-0.15, -0.1) is 11.8 Å². The first-order chi connectivity index (χ1) is 21.4. The lowest BCUT2D eigenvalue weighted by Crippen LogP contribution is -2.42. The fourth-order valence-electron chi connectivity index (χ4n) is 4.64. The molecule has 17 nitrogen and oxygen atoms in total. The van der Waals surface area contributed by atoms with E-state index in [0.717, 1.165) is 5.39 Å². The van der Waals surface area contributed by atoms with Crippen LogP contribution in [0.2, 0.25) is 0 Å². The fraction of sp³-hybridized carbons (Fsp3) is 0.385. The van der Waals surface area contributed by atoms with Gasteiger partial charge in [-0.25, -0.2) is 14.1 Å². The standard InChI is InChI=1S/C26H31N8O9PS/c1-15(23(36)41-12-17-11-28-25(32(17)2)34(38)39)31-44(40,43-20-9-5-7-16-6-3-4-8-18(16)20)42-13-21-19(35)10-22(45-21)33-14-29-24(27)30-26(33)37/h3-9,11,14-15,19,21-22,26,35,37H,10,12-13H2,1-2H3,(H2,27,30)(H,31,40)/t15-,19+,21+,22+,26?,44?/m0/s1. The van der Waals surface area contributed by atoms with Gasteiger partial charge in [0.25, 0.3) is 0 Å². The van der Waals surface area contributed by atoms with Gasteiger partial charge in [0.2, 0.25) is 12.3 Å². The summed E-state index contributed by atoms with van der Waals surface area (Å²) in [6.07, 6.45) is 0.579. The maximum Gasteiger partial charge on any atom is 0.459 e. The molecule has 0 bridgehead atoms. The normalized spacial score (nSPS) is 23.4. The van der Waals surface area contributed by atoms with Crippen LogP contribution in [0.1, 0.15) is 19.0 Å². The van der Waals surface area contributed by atoms with Gasteiger partial charge in [-0.2, -0.15) is 10.1 Å². The number of aromatic nitrogens is 2. The van der Waals surface area contributed by atoms with Crippen molar-refractivity contribution in [1.29, 1.82) is 0 Å². The van der Waals surface area contributed by atoms with E-state index in [1.54, 1.807) is 24.3 Å². The van der Waals surface area contributed by atoms with E-state index < -0.39 is 53.7 Å². The number of hydrogen-bond acceptors (Lipinski definition) is 15. The zero-order valence-corrected chi connectivity index (χ0v) is 25.8. The fourth-order valence-corrected chi connectivity index (χ4v) is 7.73. The van der Waals surface area contributed by atoms with Gasteiger partial charge in [0, 0.05) is 11.8 Å². The van der Waals surface area contributed by atoms with Gasteiger partial charge in [0.05, 0.1) is 36.7 Å². The van der Waals surface area contributed by atoms with Crippen LogP contribution in [0.3, 0.4) is 0 Å². The molecule has 3 heterocycles. The maximum absolute atomic E-state index is 14.2. The summed E-state index contributed by atoms with van der Waals surface area (Å²) >= 11 is 1.25. The van der Waals surface area contributed by atoms with Crippen molar-refractivity contribution in [2.45, 2.75) is 49.1 Å². The number of guanidine groups is 1. The van der Waals surface area contributed by atoms with E-state index in [-0.39, 0.29) is 37.0 Å². The molecule has 19 heteroatoms. The molecule has 2 aliphatic rings. The minimum atomic E-state index is -4.33. The first-order valence-corrected chi connectivity index (χ1v) is 16.1. The minimum absolute atomic E-state index is 0.0749. The van der Waals surface area contributed by atoms with Gasteiger partial charge in [-0.05, 0) is 23.3 Å². The molecule has 0 saturated carbocycles. The van der Waals surface area contributed by atoms with Gasteiger partial charge in [0.15, 0.2) is 5.69 Å². The highest BCUT2D eigenvalue weighted by Gasteiger charge is 2.41. The second kappa shape index (κ2) is 13.5. The third kappa shape index (κ3) is 7.43. The number of ether oxygens (including phenoxy) is 1. The first-order valence-electron chi connectivity index (χ1n) is 13.6. The molecular weight excluding hydrogens is 631 g/mol. The number of aliphatic hydroxyl groups is 2. The van der Waals surface area contributed by atoms with E-state index in [1.807, 2.05) is 18.2 Å². The molecule has 5 rings (SSSR count). The molecule has 1 fully saturated rings. The number of nitrogens with two attached hydrogens (primary N) is 1. The maximum atomic E-state index is 14.2. The smallest absolute Gasteiger partial charge is 0.456 e. The van der Waals surface area contributed by atoms with Crippen LogP contribution >= 0.6 is 19.5 Å². The Kier molecular flexibility index (Phi) is 9.71. The van der Waals surface area contributed by atoms with Crippen LogP contribution in [0.15, 0.2) is 58.6 Å². The summed E-state index contributed by atoms with van der Waals surface area (Å²) < 4.78 is 32.5. The van der Waals surface area contributed by atoms with Gasteiger partial charge < -0.3 is 40.2 Å². The number of nitrogens with one attached hydrogen (secondary N) is 1. The number of aliphatic hydroxyl groups excluding tert-OH is 2. The average molecular weight is 663 g/mol. The Morgan fingerprint density at radius 2 is 2.04 bits per heavy atom. The second-order valence-electron chi connectivity index (χ2n) is 10.1. The lowest BCUT2D eigenvalue weighted by atomic mass is 10.1. The van der Waals surface area contributed by atoms with Crippen molar-refractivity contribution in [2.24, 2.45) is 22.8 Å². The molecule has 1 saturated heterocycles. The summed E-state index contributed by atoms with van der Waals surface area (Å²) in [5.41, 5.74) is 5.81. The third-order valence-electron chi connectivity index (χ3n) is 7.04. The van der Waals surface area contributed by atoms with Crippen LogP contribution in [0.25, 0.3) is 10.8 Å². The lowest BCUT2D eigenvalue weighted by molar-refractivity contribution is -0.396. The van der Waals surface area contributed by atoms with E-state index in [9.17, 15) is 29.7 Å². The Morgan fingerprint density at radius 3 is 2.78 bits per heavy atom. The highest BCUT2D eigenvalue weighted by Crippen LogP contribution is 2.48. The highest BCUT2D eigenvalue weighted by molar-refractivity contribution is 8.00. The van der Waals surface area contributed by atoms with E-state index in [1.165, 1.54) is 47.7 Å². The molecule has 6 atom stereocenters. The Morgan fingerprint density at radius 1 is 1.29 bits per heavy atom. The number of nitro groups is 1. The number of nitrogens with zero attached hydrogens (tertiary/aromatic N) is 6. The molecular formula is C26H31N8O9PS. The van der Waals surface area contributed by atoms with Crippen molar-refractivity contribution in [3.05, 3.63) is 64.5 Å².